The summed E-state index contributed by atoms with van der Waals surface area (Å²) in [7, 11) is 0. The molecule has 0 aliphatic heterocycles. The van der Waals surface area contributed by atoms with E-state index in [1.807, 2.05) is 30.3 Å². The number of benzene rings is 3. The minimum atomic E-state index is -0.409. The average molecular weight is 465 g/mol. The molecule has 0 spiro atoms. The number of carbonyl (C=O) groups excluding carboxylic acids is 3. The number of rotatable bonds is 10. The van der Waals surface area contributed by atoms with Crippen LogP contribution in [0.15, 0.2) is 78.9 Å². The van der Waals surface area contributed by atoms with Crippen LogP contribution < -0.4 is 10.6 Å². The number of anilines is 2. The Balaban J connectivity index is 1.40. The Kier molecular flexibility index (Phi) is 9.03. The summed E-state index contributed by atoms with van der Waals surface area (Å²) in [6.07, 6.45) is 1.55. The molecule has 3 aromatic carbocycles. The first kappa shape index (κ1) is 24.0. The zero-order valence-electron chi connectivity index (χ0n) is 18.1. The van der Waals surface area contributed by atoms with Crippen LogP contribution >= 0.6 is 11.6 Å². The fourth-order valence-corrected chi connectivity index (χ4v) is 3.32. The van der Waals surface area contributed by atoms with Gasteiger partial charge in [-0.05, 0) is 54.8 Å². The van der Waals surface area contributed by atoms with Crippen LogP contribution in [-0.4, -0.2) is 24.4 Å². The molecule has 0 bridgehead atoms. The van der Waals surface area contributed by atoms with E-state index in [-0.39, 0.29) is 24.7 Å². The summed E-state index contributed by atoms with van der Waals surface area (Å²) in [6.45, 7) is 0.319. The van der Waals surface area contributed by atoms with Crippen LogP contribution in [0, 0.1) is 0 Å². The van der Waals surface area contributed by atoms with Crippen LogP contribution in [0.4, 0.5) is 11.4 Å². The Bertz CT molecular complexity index is 1100. The van der Waals surface area contributed by atoms with Gasteiger partial charge in [-0.2, -0.15) is 0 Å². The first-order valence-corrected chi connectivity index (χ1v) is 11.0. The zero-order valence-corrected chi connectivity index (χ0v) is 18.8. The number of hydrogen-bond acceptors (Lipinski definition) is 4. The summed E-state index contributed by atoms with van der Waals surface area (Å²) in [5, 5.41) is 5.98. The molecule has 0 fully saturated rings. The molecule has 0 aromatic heterocycles. The Morgan fingerprint density at radius 2 is 1.52 bits per heavy atom. The van der Waals surface area contributed by atoms with E-state index in [0.717, 1.165) is 12.8 Å². The zero-order chi connectivity index (χ0) is 23.5. The molecule has 6 nitrogen and oxygen atoms in total. The van der Waals surface area contributed by atoms with E-state index in [1.54, 1.807) is 48.5 Å². The monoisotopic (exact) mass is 464 g/mol. The molecule has 2 amide bonds. The van der Waals surface area contributed by atoms with E-state index in [4.69, 9.17) is 16.3 Å². The fourth-order valence-electron chi connectivity index (χ4n) is 3.13. The van der Waals surface area contributed by atoms with Crippen molar-refractivity contribution < 1.29 is 19.1 Å². The number of esters is 1. The van der Waals surface area contributed by atoms with Gasteiger partial charge < -0.3 is 15.4 Å². The Morgan fingerprint density at radius 1 is 0.788 bits per heavy atom. The van der Waals surface area contributed by atoms with Gasteiger partial charge in [0.1, 0.15) is 0 Å². The van der Waals surface area contributed by atoms with Crippen molar-refractivity contribution in [3.63, 3.8) is 0 Å². The number of amides is 2. The fraction of sp³-hybridized carbons (Fsp3) is 0.192. The predicted octanol–water partition coefficient (Wildman–Crippen LogP) is 5.49. The highest BCUT2D eigenvalue weighted by atomic mass is 35.5. The number of hydrogen-bond donors (Lipinski definition) is 2. The maximum absolute atomic E-state index is 12.5. The van der Waals surface area contributed by atoms with Crippen molar-refractivity contribution in [3.05, 3.63) is 95.0 Å². The first-order valence-electron chi connectivity index (χ1n) is 10.7. The maximum atomic E-state index is 12.5. The second kappa shape index (κ2) is 12.4. The molecule has 2 N–H and O–H groups in total. The molecule has 7 heteroatoms. The summed E-state index contributed by atoms with van der Waals surface area (Å²) in [5.74, 6) is -1.07. The van der Waals surface area contributed by atoms with Crippen molar-refractivity contribution in [2.24, 2.45) is 0 Å². The number of ether oxygens (including phenoxy) is 1. The highest BCUT2D eigenvalue weighted by Crippen LogP contribution is 2.17. The van der Waals surface area contributed by atoms with E-state index >= 15 is 0 Å². The van der Waals surface area contributed by atoms with Crippen molar-refractivity contribution in [2.45, 2.75) is 25.7 Å². The van der Waals surface area contributed by atoms with E-state index in [0.29, 0.717) is 28.6 Å². The molecule has 0 aliphatic carbocycles. The first-order chi connectivity index (χ1) is 16.0. The lowest BCUT2D eigenvalue weighted by Gasteiger charge is -2.09. The summed E-state index contributed by atoms with van der Waals surface area (Å²) in [6, 6.07) is 23.4. The Labute approximate surface area is 197 Å². The molecule has 3 rings (SSSR count). The van der Waals surface area contributed by atoms with Crippen LogP contribution in [-0.2, 0) is 20.7 Å². The van der Waals surface area contributed by atoms with Gasteiger partial charge in [-0.3, -0.25) is 14.4 Å². The minimum absolute atomic E-state index is 0.00351. The minimum Gasteiger partial charge on any atom is -0.466 e. The normalized spacial score (nSPS) is 10.3. The summed E-state index contributed by atoms with van der Waals surface area (Å²) in [4.78, 5) is 36.6. The highest BCUT2D eigenvalue weighted by Gasteiger charge is 2.11. The van der Waals surface area contributed by atoms with Crippen LogP contribution in [0.5, 0.6) is 0 Å². The van der Waals surface area contributed by atoms with Gasteiger partial charge >= 0.3 is 5.97 Å². The standard InChI is InChI=1S/C26H25ClN2O4/c27-21-11-5-13-23(18-21)29-26(32)20-10-4-12-22(17-20)28-24(30)14-15-25(31)33-16-6-9-19-7-2-1-3-8-19/h1-5,7-8,10-13,17-18H,6,9,14-16H2,(H,28,30)(H,29,32). The SMILES string of the molecule is O=C(CCC(=O)OCCCc1ccccc1)Nc1cccc(C(=O)Nc2cccc(Cl)c2)c1. The van der Waals surface area contributed by atoms with Gasteiger partial charge in [0, 0.05) is 28.4 Å². The number of nitrogens with one attached hydrogen (secondary N) is 2. The van der Waals surface area contributed by atoms with Gasteiger partial charge in [-0.1, -0.05) is 54.1 Å². The third kappa shape index (κ3) is 8.43. The molecule has 3 aromatic rings. The molecule has 0 saturated carbocycles. The smallest absolute Gasteiger partial charge is 0.306 e. The summed E-state index contributed by atoms with van der Waals surface area (Å²) >= 11 is 5.94. The van der Waals surface area contributed by atoms with Crippen molar-refractivity contribution in [2.75, 3.05) is 17.2 Å². The number of halogens is 1. The van der Waals surface area contributed by atoms with Gasteiger partial charge in [-0.15, -0.1) is 0 Å². The molecular weight excluding hydrogens is 440 g/mol. The van der Waals surface area contributed by atoms with Crippen molar-refractivity contribution in [1.82, 2.24) is 0 Å². The molecule has 0 atom stereocenters. The average Bonchev–Trinajstić information content (AvgIpc) is 2.81. The van der Waals surface area contributed by atoms with Gasteiger partial charge in [0.05, 0.1) is 13.0 Å². The number of aryl methyl sites for hydroxylation is 1. The lowest BCUT2D eigenvalue weighted by Crippen LogP contribution is -2.16. The molecule has 0 heterocycles. The van der Waals surface area contributed by atoms with Gasteiger partial charge in [0.25, 0.3) is 5.91 Å². The van der Waals surface area contributed by atoms with Gasteiger partial charge in [0.2, 0.25) is 5.91 Å². The molecule has 0 aliphatic rings. The van der Waals surface area contributed by atoms with Crippen molar-refractivity contribution in [3.8, 4) is 0 Å². The largest absolute Gasteiger partial charge is 0.466 e. The summed E-state index contributed by atoms with van der Waals surface area (Å²) in [5.41, 5.74) is 2.61. The van der Waals surface area contributed by atoms with Gasteiger partial charge in [-0.25, -0.2) is 0 Å². The highest BCUT2D eigenvalue weighted by molar-refractivity contribution is 6.31. The molecule has 0 unspecified atom stereocenters. The third-order valence-corrected chi connectivity index (χ3v) is 5.00. The van der Waals surface area contributed by atoms with Gasteiger partial charge in [0.15, 0.2) is 0 Å². The van der Waals surface area contributed by atoms with E-state index in [2.05, 4.69) is 10.6 Å². The second-order valence-electron chi connectivity index (χ2n) is 7.40. The van der Waals surface area contributed by atoms with E-state index < -0.39 is 5.97 Å². The van der Waals surface area contributed by atoms with E-state index in [1.165, 1.54) is 5.56 Å². The third-order valence-electron chi connectivity index (χ3n) is 4.76. The van der Waals surface area contributed by atoms with Crippen molar-refractivity contribution >= 4 is 40.8 Å². The molecular formula is C26H25ClN2O4. The molecule has 0 saturated heterocycles. The lowest BCUT2D eigenvalue weighted by atomic mass is 10.1. The van der Waals surface area contributed by atoms with Crippen LogP contribution in [0.3, 0.4) is 0 Å². The lowest BCUT2D eigenvalue weighted by molar-refractivity contribution is -0.144. The molecule has 33 heavy (non-hydrogen) atoms. The Morgan fingerprint density at radius 3 is 2.27 bits per heavy atom. The van der Waals surface area contributed by atoms with Crippen LogP contribution in [0.2, 0.25) is 5.02 Å². The quantitative estimate of drug-likeness (QED) is 0.307. The molecule has 170 valence electrons. The summed E-state index contributed by atoms with van der Waals surface area (Å²) < 4.78 is 5.20. The topological polar surface area (TPSA) is 84.5 Å². The van der Waals surface area contributed by atoms with E-state index in [9.17, 15) is 14.4 Å². The van der Waals surface area contributed by atoms with Crippen LogP contribution in [0.1, 0.15) is 35.2 Å². The second-order valence-corrected chi connectivity index (χ2v) is 7.84. The van der Waals surface area contributed by atoms with Crippen LogP contribution in [0.25, 0.3) is 0 Å². The number of carbonyl (C=O) groups is 3. The molecule has 0 radical (unpaired) electrons. The Hall–Kier alpha value is -3.64. The predicted molar refractivity (Wildman–Crippen MR) is 129 cm³/mol. The maximum Gasteiger partial charge on any atom is 0.306 e. The van der Waals surface area contributed by atoms with Crippen molar-refractivity contribution in [1.29, 1.82) is 0 Å².